The average Bonchev–Trinajstić information content (AvgIpc) is 4.17. The molecule has 1 aliphatic carbocycles. The Balaban J connectivity index is 0.667. The normalized spacial score (nSPS) is 24.2. The second kappa shape index (κ2) is 16.9. The highest BCUT2D eigenvalue weighted by Gasteiger charge is 2.40. The number of nitrogens with one attached hydrogen (secondary N) is 3. The van der Waals surface area contributed by atoms with E-state index in [0.29, 0.717) is 35.9 Å². The Morgan fingerprint density at radius 2 is 1.75 bits per heavy atom. The van der Waals surface area contributed by atoms with E-state index in [1.807, 2.05) is 36.4 Å². The van der Waals surface area contributed by atoms with Crippen LogP contribution in [-0.4, -0.2) is 122 Å². The zero-order valence-electron chi connectivity index (χ0n) is 35.6. The summed E-state index contributed by atoms with van der Waals surface area (Å²) in [5, 5.41) is 19.3. The Kier molecular flexibility index (Phi) is 10.8. The molecular formula is C46H49F2N11O6. The Morgan fingerprint density at radius 1 is 0.923 bits per heavy atom. The van der Waals surface area contributed by atoms with Crippen LogP contribution < -0.4 is 20.9 Å². The summed E-state index contributed by atoms with van der Waals surface area (Å²) in [4.78, 5) is 63.0. The number of piperidine rings is 1. The van der Waals surface area contributed by atoms with Gasteiger partial charge in [-0.15, -0.1) is 0 Å². The minimum Gasteiger partial charge on any atom is -0.464 e. The first kappa shape index (κ1) is 41.4. The Hall–Kier alpha value is -6.31. The number of anilines is 3. The van der Waals surface area contributed by atoms with E-state index in [2.05, 4.69) is 40.8 Å². The molecule has 19 heteroatoms. The van der Waals surface area contributed by atoms with Crippen LogP contribution in [0, 0.1) is 5.92 Å². The standard InChI is InChI=1S/C46H49F2N11O6/c47-43(48)42-36(51-46(63)33-19-49-58-13-12-38(52-44(33)58)57-21-29-18-28(57)24-64-29)22-59(54-42)27-6-4-26(5-7-27)20-55-14-16-56(17-15-55)23-40(61)50-35-3-1-2-31-30(35)8-10-37-41(31)34(25-65-37)32-9-11-39(60)53-45(32)62/h1-3,8,10,12-13,19,22,25-29,32,43H,4-7,9,11,14-18,20-21,23-24H2,(H,50,61)(H,51,63)(H,53,60,62). The van der Waals surface area contributed by atoms with Gasteiger partial charge in [0.1, 0.15) is 17.0 Å². The highest BCUT2D eigenvalue weighted by atomic mass is 19.3. The maximum Gasteiger partial charge on any atom is 0.284 e. The van der Waals surface area contributed by atoms with E-state index in [1.54, 1.807) is 17.1 Å². The second-order valence-corrected chi connectivity index (χ2v) is 18.1. The van der Waals surface area contributed by atoms with Gasteiger partial charge in [-0.05, 0) is 74.1 Å². The first-order valence-electron chi connectivity index (χ1n) is 22.5. The van der Waals surface area contributed by atoms with Crippen molar-refractivity contribution in [2.24, 2.45) is 5.92 Å². The van der Waals surface area contributed by atoms with Crippen molar-refractivity contribution in [1.82, 2.24) is 39.5 Å². The second-order valence-electron chi connectivity index (χ2n) is 18.1. The fraction of sp³-hybridized carbons (Fsp3) is 0.457. The molecule has 4 aromatic heterocycles. The summed E-state index contributed by atoms with van der Waals surface area (Å²) < 4.78 is 43.3. The van der Waals surface area contributed by atoms with Crippen molar-refractivity contribution in [3.8, 4) is 0 Å². The third kappa shape index (κ3) is 7.98. The van der Waals surface area contributed by atoms with E-state index >= 15 is 0 Å². The number of nitrogens with zero attached hydrogens (tertiary/aromatic N) is 8. The first-order valence-corrected chi connectivity index (χ1v) is 22.5. The lowest BCUT2D eigenvalue weighted by atomic mass is 9.85. The van der Waals surface area contributed by atoms with Crippen molar-refractivity contribution in [3.63, 3.8) is 0 Å². The number of furan rings is 1. The van der Waals surface area contributed by atoms with E-state index in [-0.39, 0.29) is 60.1 Å². The number of benzene rings is 2. The number of alkyl halides is 2. The molecule has 5 fully saturated rings. The Bertz CT molecular complexity index is 2830. The molecule has 8 heterocycles. The van der Waals surface area contributed by atoms with Crippen LogP contribution in [0.3, 0.4) is 0 Å². The molecule has 1 saturated carbocycles. The van der Waals surface area contributed by atoms with E-state index < -0.39 is 23.9 Å². The molecule has 6 aromatic rings. The molecule has 4 amide bonds. The van der Waals surface area contributed by atoms with Crippen LogP contribution in [0.2, 0.25) is 0 Å². The number of halogens is 2. The summed E-state index contributed by atoms with van der Waals surface area (Å²) in [6.07, 6.45) is 8.61. The molecular weight excluding hydrogens is 841 g/mol. The molecule has 2 bridgehead atoms. The van der Waals surface area contributed by atoms with E-state index in [4.69, 9.17) is 14.1 Å². The van der Waals surface area contributed by atoms with Crippen molar-refractivity contribution in [3.05, 3.63) is 78.1 Å². The fourth-order valence-electron chi connectivity index (χ4n) is 10.7. The Morgan fingerprint density at radius 3 is 2.52 bits per heavy atom. The van der Waals surface area contributed by atoms with E-state index in [0.717, 1.165) is 98.9 Å². The summed E-state index contributed by atoms with van der Waals surface area (Å²) >= 11 is 0. The number of piperazine rings is 1. The lowest BCUT2D eigenvalue weighted by molar-refractivity contribution is -0.134. The van der Waals surface area contributed by atoms with Gasteiger partial charge in [0.05, 0.1) is 55.4 Å². The molecule has 338 valence electrons. The fourth-order valence-corrected chi connectivity index (χ4v) is 10.7. The maximum absolute atomic E-state index is 14.3. The number of amides is 4. The smallest absolute Gasteiger partial charge is 0.284 e. The molecule has 4 saturated heterocycles. The minimum absolute atomic E-state index is 0.0170. The lowest BCUT2D eigenvalue weighted by Gasteiger charge is -2.38. The molecule has 3 unspecified atom stereocenters. The van der Waals surface area contributed by atoms with E-state index in [9.17, 15) is 28.0 Å². The van der Waals surface area contributed by atoms with Gasteiger partial charge in [0.2, 0.25) is 17.7 Å². The van der Waals surface area contributed by atoms with Gasteiger partial charge < -0.3 is 29.6 Å². The number of imide groups is 1. The molecule has 0 radical (unpaired) electrons. The van der Waals surface area contributed by atoms with Crippen LogP contribution in [0.1, 0.15) is 84.9 Å². The van der Waals surface area contributed by atoms with Crippen molar-refractivity contribution >= 4 is 68.2 Å². The largest absolute Gasteiger partial charge is 0.464 e. The summed E-state index contributed by atoms with van der Waals surface area (Å²) in [5.74, 6) is -0.611. The number of hydrogen-bond donors (Lipinski definition) is 3. The molecule has 3 N–H and O–H groups in total. The molecule has 0 spiro atoms. The first-order chi connectivity index (χ1) is 31.6. The van der Waals surface area contributed by atoms with Crippen LogP contribution in [0.5, 0.6) is 0 Å². The van der Waals surface area contributed by atoms with Gasteiger partial charge in [0, 0.05) is 80.1 Å². The van der Waals surface area contributed by atoms with Crippen LogP contribution in [0.4, 0.5) is 26.0 Å². The Labute approximate surface area is 371 Å². The lowest BCUT2D eigenvalue weighted by Crippen LogP contribution is -2.49. The van der Waals surface area contributed by atoms with Crippen molar-refractivity contribution in [2.45, 2.75) is 75.5 Å². The van der Waals surface area contributed by atoms with Gasteiger partial charge in [-0.25, -0.2) is 18.3 Å². The number of hydrogen-bond acceptors (Lipinski definition) is 12. The molecule has 17 nitrogen and oxygen atoms in total. The molecule has 4 aliphatic heterocycles. The summed E-state index contributed by atoms with van der Waals surface area (Å²) in [5.41, 5.74) is 2.10. The molecule has 5 aliphatic rings. The van der Waals surface area contributed by atoms with Gasteiger partial charge in [0.15, 0.2) is 11.3 Å². The number of carbonyl (C=O) groups excluding carboxylic acids is 4. The van der Waals surface area contributed by atoms with Crippen LogP contribution in [0.25, 0.3) is 27.4 Å². The van der Waals surface area contributed by atoms with Gasteiger partial charge in [-0.2, -0.15) is 10.2 Å². The molecule has 3 atom stereocenters. The number of aromatic nitrogens is 5. The SMILES string of the molecule is O=C1CCC(c2coc3ccc4c(NC(=O)CN5CCN(CC6CCC(n7cc(NC(=O)c8cnn9ccc(N%10CC%11CC%10CO%11)nc89)c(C(F)F)n7)CC6)CC5)cccc4c23)C(=O)N1. The number of ether oxygens (including phenoxy) is 1. The molecule has 11 rings (SSSR count). The zero-order chi connectivity index (χ0) is 44.3. The topological polar surface area (TPSA) is 184 Å². The quantitative estimate of drug-likeness (QED) is 0.139. The number of fused-ring (bicyclic) bond motifs is 6. The predicted molar refractivity (Wildman–Crippen MR) is 235 cm³/mol. The number of carbonyl (C=O) groups is 4. The number of morpholine rings is 1. The monoisotopic (exact) mass is 889 g/mol. The van der Waals surface area contributed by atoms with Gasteiger partial charge in [-0.3, -0.25) is 34.1 Å². The average molecular weight is 890 g/mol. The van der Waals surface area contributed by atoms with Gasteiger partial charge in [0.25, 0.3) is 12.3 Å². The minimum atomic E-state index is -2.87. The van der Waals surface area contributed by atoms with Gasteiger partial charge in [-0.1, -0.05) is 12.1 Å². The van der Waals surface area contributed by atoms with Crippen molar-refractivity contribution in [2.75, 3.05) is 68.0 Å². The summed E-state index contributed by atoms with van der Waals surface area (Å²) in [6.45, 7) is 5.73. The third-order valence-corrected chi connectivity index (χ3v) is 14.1. The third-order valence-electron chi connectivity index (χ3n) is 14.1. The van der Waals surface area contributed by atoms with E-state index in [1.165, 1.54) is 16.9 Å². The summed E-state index contributed by atoms with van der Waals surface area (Å²) in [6, 6.07) is 11.5. The van der Waals surface area contributed by atoms with Crippen molar-refractivity contribution in [1.29, 1.82) is 0 Å². The zero-order valence-corrected chi connectivity index (χ0v) is 35.6. The van der Waals surface area contributed by atoms with Gasteiger partial charge >= 0.3 is 0 Å². The van der Waals surface area contributed by atoms with Crippen LogP contribution in [0.15, 0.2) is 65.7 Å². The highest BCUT2D eigenvalue weighted by molar-refractivity contribution is 6.15. The summed E-state index contributed by atoms with van der Waals surface area (Å²) in [7, 11) is 0. The molecule has 65 heavy (non-hydrogen) atoms. The predicted octanol–water partition coefficient (Wildman–Crippen LogP) is 5.50. The number of rotatable bonds is 11. The molecule has 2 aromatic carbocycles. The highest BCUT2D eigenvalue weighted by Crippen LogP contribution is 2.40. The van der Waals surface area contributed by atoms with Crippen LogP contribution >= 0.6 is 0 Å². The maximum atomic E-state index is 14.3. The van der Waals surface area contributed by atoms with Crippen LogP contribution in [-0.2, 0) is 19.1 Å². The van der Waals surface area contributed by atoms with Crippen molar-refractivity contribution < 1.29 is 37.1 Å².